The summed E-state index contributed by atoms with van der Waals surface area (Å²) in [6.45, 7) is 6.46. The van der Waals surface area contributed by atoms with E-state index in [1.165, 1.54) is 42.0 Å². The largest absolute Gasteiger partial charge is 0.471 e. The van der Waals surface area contributed by atoms with Gasteiger partial charge >= 0.3 is 6.09 Å². The van der Waals surface area contributed by atoms with Gasteiger partial charge in [0.15, 0.2) is 5.82 Å². The van der Waals surface area contributed by atoms with Crippen molar-refractivity contribution in [3.8, 4) is 21.8 Å². The molecular weight excluding hydrogens is 571 g/mol. The van der Waals surface area contributed by atoms with Crippen LogP contribution in [-0.2, 0) is 14.8 Å². The molecule has 5 rings (SSSR count). The summed E-state index contributed by atoms with van der Waals surface area (Å²) < 4.78 is 54.0. The Bertz CT molecular complexity index is 1660. The van der Waals surface area contributed by atoms with Crippen molar-refractivity contribution >= 4 is 39.1 Å². The standard InChI is InChI=1S/C27H29FN6O5S2/c1-27(2,3)39-26(35)34-12-8-16(9-13-34)24-32-22(23(40-24)20-7-11-30-25(29)31-20)18-5-4-6-19(21(18)28)33-41(36,37)17-10-14-38-15-17/h4-7,10-11,14-16,33H,8-9,12-13H2,1-3H3,(H2,29,30,31). The number of amides is 1. The molecule has 14 heteroatoms. The smallest absolute Gasteiger partial charge is 0.410 e. The molecule has 3 aromatic heterocycles. The minimum absolute atomic E-state index is 0.0104. The molecule has 0 saturated carbocycles. The zero-order valence-electron chi connectivity index (χ0n) is 22.6. The molecule has 1 aliphatic rings. The Labute approximate surface area is 240 Å². The van der Waals surface area contributed by atoms with Gasteiger partial charge in [0.25, 0.3) is 10.0 Å². The van der Waals surface area contributed by atoms with Gasteiger partial charge in [0.1, 0.15) is 16.8 Å². The number of thiazole rings is 1. The third-order valence-electron chi connectivity index (χ3n) is 6.35. The second-order valence-electron chi connectivity index (χ2n) is 10.5. The van der Waals surface area contributed by atoms with E-state index in [9.17, 15) is 13.2 Å². The molecule has 1 amide bonds. The van der Waals surface area contributed by atoms with Gasteiger partial charge in [-0.15, -0.1) is 11.3 Å². The molecule has 1 aromatic carbocycles. The van der Waals surface area contributed by atoms with Gasteiger partial charge in [0.2, 0.25) is 5.95 Å². The minimum Gasteiger partial charge on any atom is -0.471 e. The summed E-state index contributed by atoms with van der Waals surface area (Å²) in [5.74, 6) is -0.730. The molecule has 0 spiro atoms. The van der Waals surface area contributed by atoms with E-state index in [-0.39, 0.29) is 34.1 Å². The van der Waals surface area contributed by atoms with Crippen LogP contribution in [0.1, 0.15) is 44.5 Å². The first kappa shape index (κ1) is 28.5. The van der Waals surface area contributed by atoms with Crippen LogP contribution in [0.2, 0.25) is 0 Å². The highest BCUT2D eigenvalue weighted by atomic mass is 32.2. The molecule has 3 N–H and O–H groups in total. The predicted octanol–water partition coefficient (Wildman–Crippen LogP) is 5.50. The van der Waals surface area contributed by atoms with E-state index in [2.05, 4.69) is 14.7 Å². The quantitative estimate of drug-likeness (QED) is 0.292. The van der Waals surface area contributed by atoms with Gasteiger partial charge < -0.3 is 19.8 Å². The van der Waals surface area contributed by atoms with Gasteiger partial charge in [-0.2, -0.15) is 0 Å². The first-order valence-electron chi connectivity index (χ1n) is 12.8. The summed E-state index contributed by atoms with van der Waals surface area (Å²) in [5, 5.41) is 0.750. The fourth-order valence-corrected chi connectivity index (χ4v) is 6.61. The Kier molecular flexibility index (Phi) is 7.70. The molecule has 1 fully saturated rings. The van der Waals surface area contributed by atoms with Crippen molar-refractivity contribution in [1.29, 1.82) is 0 Å². The number of rotatable bonds is 6. The Balaban J connectivity index is 1.48. The molecular formula is C27H29FN6O5S2. The van der Waals surface area contributed by atoms with E-state index in [1.807, 2.05) is 20.8 Å². The average molecular weight is 601 g/mol. The maximum absolute atomic E-state index is 15.9. The number of halogens is 1. The highest BCUT2D eigenvalue weighted by Gasteiger charge is 2.31. The second kappa shape index (κ2) is 11.1. The van der Waals surface area contributed by atoms with Crippen molar-refractivity contribution < 1.29 is 26.8 Å². The van der Waals surface area contributed by atoms with E-state index in [0.717, 1.165) is 11.3 Å². The second-order valence-corrected chi connectivity index (χ2v) is 13.2. The summed E-state index contributed by atoms with van der Waals surface area (Å²) in [6, 6.07) is 7.33. The molecule has 1 aliphatic heterocycles. The van der Waals surface area contributed by atoms with Gasteiger partial charge in [0, 0.05) is 30.8 Å². The number of nitrogens with one attached hydrogen (secondary N) is 1. The molecule has 4 heterocycles. The number of benzene rings is 1. The number of nitrogens with two attached hydrogens (primary N) is 1. The Morgan fingerprint density at radius 2 is 1.95 bits per heavy atom. The van der Waals surface area contributed by atoms with E-state index in [1.54, 1.807) is 17.0 Å². The first-order chi connectivity index (χ1) is 19.4. The van der Waals surface area contributed by atoms with Crippen LogP contribution in [0, 0.1) is 5.82 Å². The highest BCUT2D eigenvalue weighted by Crippen LogP contribution is 2.42. The Morgan fingerprint density at radius 1 is 1.20 bits per heavy atom. The number of ether oxygens (including phenoxy) is 1. The lowest BCUT2D eigenvalue weighted by atomic mass is 9.97. The van der Waals surface area contributed by atoms with Crippen LogP contribution in [0.15, 0.2) is 58.4 Å². The maximum atomic E-state index is 15.9. The van der Waals surface area contributed by atoms with Crippen LogP contribution in [0.3, 0.4) is 0 Å². The van der Waals surface area contributed by atoms with Crippen LogP contribution in [0.5, 0.6) is 0 Å². The number of hydrogen-bond donors (Lipinski definition) is 2. The lowest BCUT2D eigenvalue weighted by Crippen LogP contribution is -2.41. The number of likely N-dealkylation sites (tertiary alicyclic amines) is 1. The normalized spacial score (nSPS) is 14.7. The average Bonchev–Trinajstić information content (AvgIpc) is 3.61. The van der Waals surface area contributed by atoms with Crippen LogP contribution in [0.4, 0.5) is 20.8 Å². The van der Waals surface area contributed by atoms with E-state index in [0.29, 0.717) is 42.2 Å². The maximum Gasteiger partial charge on any atom is 0.410 e. The number of carbonyl (C=O) groups excluding carboxylic acids is 1. The third kappa shape index (κ3) is 6.33. The summed E-state index contributed by atoms with van der Waals surface area (Å²) in [4.78, 5) is 27.8. The van der Waals surface area contributed by atoms with Crippen LogP contribution in [0.25, 0.3) is 21.8 Å². The van der Waals surface area contributed by atoms with Gasteiger partial charge in [-0.25, -0.2) is 32.6 Å². The summed E-state index contributed by atoms with van der Waals surface area (Å²) in [6.07, 6.45) is 4.71. The summed E-state index contributed by atoms with van der Waals surface area (Å²) >= 11 is 1.36. The molecule has 1 saturated heterocycles. The van der Waals surface area contributed by atoms with E-state index in [4.69, 9.17) is 19.9 Å². The van der Waals surface area contributed by atoms with E-state index < -0.39 is 21.4 Å². The van der Waals surface area contributed by atoms with Crippen molar-refractivity contribution in [2.24, 2.45) is 0 Å². The molecule has 0 bridgehead atoms. The number of aromatic nitrogens is 3. The number of furan rings is 1. The first-order valence-corrected chi connectivity index (χ1v) is 15.1. The number of anilines is 2. The molecule has 4 aromatic rings. The summed E-state index contributed by atoms with van der Waals surface area (Å²) in [5.41, 5.74) is 5.89. The van der Waals surface area contributed by atoms with Gasteiger partial charge in [-0.3, -0.25) is 4.72 Å². The number of nitrogen functional groups attached to an aromatic ring is 1. The van der Waals surface area contributed by atoms with Crippen molar-refractivity contribution in [3.63, 3.8) is 0 Å². The van der Waals surface area contributed by atoms with Crippen LogP contribution < -0.4 is 10.5 Å². The van der Waals surface area contributed by atoms with Crippen molar-refractivity contribution in [1.82, 2.24) is 19.9 Å². The zero-order chi connectivity index (χ0) is 29.4. The lowest BCUT2D eigenvalue weighted by Gasteiger charge is -2.32. The highest BCUT2D eigenvalue weighted by molar-refractivity contribution is 7.92. The molecule has 0 unspecified atom stereocenters. The van der Waals surface area contributed by atoms with Gasteiger partial charge in [0.05, 0.1) is 33.2 Å². The zero-order valence-corrected chi connectivity index (χ0v) is 24.3. The fraction of sp³-hybridized carbons (Fsp3) is 0.333. The fourth-order valence-electron chi connectivity index (χ4n) is 4.41. The Morgan fingerprint density at radius 3 is 2.61 bits per heavy atom. The van der Waals surface area contributed by atoms with Crippen molar-refractivity contribution in [2.75, 3.05) is 23.5 Å². The number of piperidine rings is 1. The molecule has 216 valence electrons. The van der Waals surface area contributed by atoms with Gasteiger partial charge in [-0.1, -0.05) is 6.07 Å². The topological polar surface area (TPSA) is 154 Å². The number of hydrogen-bond acceptors (Lipinski definition) is 10. The molecule has 41 heavy (non-hydrogen) atoms. The number of nitrogens with zero attached hydrogens (tertiary/aromatic N) is 4. The third-order valence-corrected chi connectivity index (χ3v) is 8.93. The number of carbonyl (C=O) groups is 1. The van der Waals surface area contributed by atoms with Crippen molar-refractivity contribution in [3.05, 3.63) is 59.9 Å². The SMILES string of the molecule is CC(C)(C)OC(=O)N1CCC(c2nc(-c3cccc(NS(=O)(=O)c4ccoc4)c3F)c(-c3ccnc(N)n3)s2)CC1. The molecule has 0 radical (unpaired) electrons. The van der Waals surface area contributed by atoms with E-state index >= 15 is 4.39 Å². The number of sulfonamides is 1. The minimum atomic E-state index is -4.08. The van der Waals surface area contributed by atoms with Crippen molar-refractivity contribution in [2.45, 2.75) is 50.0 Å². The predicted molar refractivity (Wildman–Crippen MR) is 152 cm³/mol. The monoisotopic (exact) mass is 600 g/mol. The summed E-state index contributed by atoms with van der Waals surface area (Å²) in [7, 11) is -4.08. The Hall–Kier alpha value is -4.04. The van der Waals surface area contributed by atoms with Gasteiger partial charge in [-0.05, 0) is 57.9 Å². The molecule has 0 atom stereocenters. The van der Waals surface area contributed by atoms with Crippen LogP contribution >= 0.6 is 11.3 Å². The molecule has 11 nitrogen and oxygen atoms in total. The van der Waals surface area contributed by atoms with Crippen LogP contribution in [-0.4, -0.2) is 53.1 Å². The molecule has 0 aliphatic carbocycles. The lowest BCUT2D eigenvalue weighted by molar-refractivity contribution is 0.0204.